The fourth-order valence-corrected chi connectivity index (χ4v) is 3.06. The predicted molar refractivity (Wildman–Crippen MR) is 84.6 cm³/mol. The molecule has 0 saturated heterocycles. The molecule has 18 heavy (non-hydrogen) atoms. The zero-order chi connectivity index (χ0) is 13.1. The average Bonchev–Trinajstić information content (AvgIpc) is 2.71. The highest BCUT2D eigenvalue weighted by Gasteiger charge is 2.04. The molecule has 0 saturated carbocycles. The minimum atomic E-state index is -0.324. The summed E-state index contributed by atoms with van der Waals surface area (Å²) < 4.78 is 14.7. The molecule has 0 bridgehead atoms. The van der Waals surface area contributed by atoms with Crippen LogP contribution in [-0.2, 0) is 0 Å². The smallest absolute Gasteiger partial charge is 0.205 e. The van der Waals surface area contributed by atoms with E-state index in [4.69, 9.17) is 5.73 Å². The standard InChI is InChI=1S/C10H7BrFIN4S/c11-6-2-8(13)5(1-7(6)12)3-15-17-10-16-9(14)4-18-10/h1-4H,14H2,(H,16,17). The van der Waals surface area contributed by atoms with Crippen molar-refractivity contribution in [3.8, 4) is 0 Å². The van der Waals surface area contributed by atoms with E-state index in [0.717, 1.165) is 3.57 Å². The molecule has 1 aromatic heterocycles. The lowest BCUT2D eigenvalue weighted by Gasteiger charge is -2.00. The van der Waals surface area contributed by atoms with Crippen LogP contribution in [0.1, 0.15) is 5.56 Å². The van der Waals surface area contributed by atoms with Crippen LogP contribution < -0.4 is 11.2 Å². The van der Waals surface area contributed by atoms with Gasteiger partial charge in [0, 0.05) is 14.5 Å². The second kappa shape index (κ2) is 5.93. The summed E-state index contributed by atoms with van der Waals surface area (Å²) in [6.07, 6.45) is 1.54. The Hall–Kier alpha value is -0.740. The number of thiazole rings is 1. The zero-order valence-electron chi connectivity index (χ0n) is 8.82. The molecule has 1 heterocycles. The van der Waals surface area contributed by atoms with E-state index in [-0.39, 0.29) is 5.82 Å². The molecule has 0 radical (unpaired) electrons. The van der Waals surface area contributed by atoms with Crippen LogP contribution in [0.15, 0.2) is 27.1 Å². The van der Waals surface area contributed by atoms with Gasteiger partial charge in [0.05, 0.1) is 10.7 Å². The lowest BCUT2D eigenvalue weighted by atomic mass is 10.2. The summed E-state index contributed by atoms with van der Waals surface area (Å²) in [5.41, 5.74) is 8.90. The van der Waals surface area contributed by atoms with Gasteiger partial charge in [-0.05, 0) is 50.7 Å². The third-order valence-electron chi connectivity index (χ3n) is 1.93. The van der Waals surface area contributed by atoms with E-state index in [1.165, 1.54) is 23.6 Å². The number of nitrogens with two attached hydrogens (primary N) is 1. The molecule has 0 aliphatic heterocycles. The van der Waals surface area contributed by atoms with E-state index < -0.39 is 0 Å². The van der Waals surface area contributed by atoms with Gasteiger partial charge in [-0.15, -0.1) is 11.3 Å². The molecular weight excluding hydrogens is 434 g/mol. The summed E-state index contributed by atoms with van der Waals surface area (Å²) in [5.74, 6) is 0.123. The van der Waals surface area contributed by atoms with Crippen molar-refractivity contribution in [3.63, 3.8) is 0 Å². The fraction of sp³-hybridized carbons (Fsp3) is 0. The summed E-state index contributed by atoms with van der Waals surface area (Å²) in [6, 6.07) is 3.10. The number of hydrogen-bond acceptors (Lipinski definition) is 5. The van der Waals surface area contributed by atoms with Crippen LogP contribution in [0.3, 0.4) is 0 Å². The maximum Gasteiger partial charge on any atom is 0.205 e. The van der Waals surface area contributed by atoms with Gasteiger partial charge >= 0.3 is 0 Å². The first-order valence-electron chi connectivity index (χ1n) is 4.71. The number of rotatable bonds is 3. The molecule has 0 fully saturated rings. The molecule has 0 amide bonds. The van der Waals surface area contributed by atoms with Gasteiger partial charge < -0.3 is 5.73 Å². The van der Waals surface area contributed by atoms with Gasteiger partial charge in [0.25, 0.3) is 0 Å². The number of anilines is 2. The third-order valence-corrected chi connectivity index (χ3v) is 4.23. The largest absolute Gasteiger partial charge is 0.383 e. The first kappa shape index (κ1) is 13.7. The normalized spacial score (nSPS) is 11.1. The van der Waals surface area contributed by atoms with Gasteiger partial charge in [-0.25, -0.2) is 9.37 Å². The Bertz CT molecular complexity index is 602. The lowest BCUT2D eigenvalue weighted by Crippen LogP contribution is -1.94. The van der Waals surface area contributed by atoms with Crippen molar-refractivity contribution in [3.05, 3.63) is 36.9 Å². The highest BCUT2D eigenvalue weighted by molar-refractivity contribution is 14.1. The van der Waals surface area contributed by atoms with Gasteiger partial charge in [-0.3, -0.25) is 5.43 Å². The second-order valence-corrected chi connectivity index (χ2v) is 6.11. The highest BCUT2D eigenvalue weighted by atomic mass is 127. The van der Waals surface area contributed by atoms with Gasteiger partial charge in [0.15, 0.2) is 0 Å². The molecule has 2 aromatic rings. The fourth-order valence-electron chi connectivity index (χ4n) is 1.13. The van der Waals surface area contributed by atoms with Gasteiger partial charge in [-0.2, -0.15) is 5.10 Å². The summed E-state index contributed by atoms with van der Waals surface area (Å²) in [7, 11) is 0. The number of halogens is 3. The number of nitrogens with zero attached hydrogens (tertiary/aromatic N) is 2. The molecule has 4 nitrogen and oxygen atoms in total. The van der Waals surface area contributed by atoms with Crippen molar-refractivity contribution >= 4 is 67.0 Å². The molecule has 0 aliphatic carbocycles. The van der Waals surface area contributed by atoms with E-state index in [1.54, 1.807) is 11.4 Å². The molecule has 8 heteroatoms. The molecule has 94 valence electrons. The molecule has 0 spiro atoms. The van der Waals surface area contributed by atoms with Crippen molar-refractivity contribution < 1.29 is 4.39 Å². The van der Waals surface area contributed by atoms with Crippen LogP contribution in [-0.4, -0.2) is 11.2 Å². The van der Waals surface area contributed by atoms with Crippen LogP contribution in [0.2, 0.25) is 0 Å². The molecule has 1 aromatic carbocycles. The van der Waals surface area contributed by atoms with Gasteiger partial charge in [0.1, 0.15) is 11.6 Å². The van der Waals surface area contributed by atoms with Crippen LogP contribution in [0, 0.1) is 9.39 Å². The van der Waals surface area contributed by atoms with Crippen molar-refractivity contribution in [2.24, 2.45) is 5.10 Å². The Morgan fingerprint density at radius 3 is 3.00 bits per heavy atom. The van der Waals surface area contributed by atoms with E-state index in [0.29, 0.717) is 21.0 Å². The van der Waals surface area contributed by atoms with E-state index in [1.807, 2.05) is 0 Å². The van der Waals surface area contributed by atoms with Crippen molar-refractivity contribution in [1.29, 1.82) is 0 Å². The predicted octanol–water partition coefficient (Wildman–Crippen LogP) is 3.68. The van der Waals surface area contributed by atoms with Crippen LogP contribution in [0.5, 0.6) is 0 Å². The maximum absolute atomic E-state index is 13.4. The quantitative estimate of drug-likeness (QED) is 0.331. The Morgan fingerprint density at radius 1 is 1.56 bits per heavy atom. The zero-order valence-corrected chi connectivity index (χ0v) is 13.4. The third kappa shape index (κ3) is 3.39. The molecular formula is C10H7BrFIN4S. The number of nitrogens with one attached hydrogen (secondary N) is 1. The first-order chi connectivity index (χ1) is 8.56. The number of hydrogen-bond donors (Lipinski definition) is 2. The number of hydrazone groups is 1. The maximum atomic E-state index is 13.4. The molecule has 2 rings (SSSR count). The Morgan fingerprint density at radius 2 is 2.33 bits per heavy atom. The van der Waals surface area contributed by atoms with Crippen molar-refractivity contribution in [2.75, 3.05) is 11.2 Å². The van der Waals surface area contributed by atoms with Crippen molar-refractivity contribution in [1.82, 2.24) is 4.98 Å². The summed E-state index contributed by atoms with van der Waals surface area (Å²) in [4.78, 5) is 3.98. The van der Waals surface area contributed by atoms with Crippen LogP contribution in [0.4, 0.5) is 15.3 Å². The molecule has 0 atom stereocenters. The monoisotopic (exact) mass is 440 g/mol. The summed E-state index contributed by atoms with van der Waals surface area (Å²) in [5, 5.41) is 6.29. The van der Waals surface area contributed by atoms with E-state index in [9.17, 15) is 4.39 Å². The second-order valence-electron chi connectivity index (χ2n) is 3.24. The highest BCUT2D eigenvalue weighted by Crippen LogP contribution is 2.21. The molecule has 0 aliphatic rings. The minimum Gasteiger partial charge on any atom is -0.383 e. The summed E-state index contributed by atoms with van der Waals surface area (Å²) >= 11 is 6.59. The lowest BCUT2D eigenvalue weighted by molar-refractivity contribution is 0.620. The van der Waals surface area contributed by atoms with Gasteiger partial charge in [0.2, 0.25) is 5.13 Å². The van der Waals surface area contributed by atoms with Crippen LogP contribution >= 0.6 is 49.9 Å². The Kier molecular flexibility index (Phi) is 4.51. The Labute approximate surface area is 129 Å². The Balaban J connectivity index is 2.11. The molecule has 0 unspecified atom stereocenters. The minimum absolute atomic E-state index is 0.324. The van der Waals surface area contributed by atoms with E-state index in [2.05, 4.69) is 54.0 Å². The first-order valence-corrected chi connectivity index (χ1v) is 7.46. The molecule has 3 N–H and O–H groups in total. The van der Waals surface area contributed by atoms with E-state index >= 15 is 0 Å². The average molecular weight is 441 g/mol. The number of nitrogen functional groups attached to an aromatic ring is 1. The SMILES string of the molecule is Nc1csc(NN=Cc2cc(F)c(Br)cc2I)n1. The number of benzene rings is 1. The topological polar surface area (TPSA) is 63.3 Å². The van der Waals surface area contributed by atoms with Crippen molar-refractivity contribution in [2.45, 2.75) is 0 Å². The summed E-state index contributed by atoms with van der Waals surface area (Å²) in [6.45, 7) is 0. The number of aromatic nitrogens is 1. The van der Waals surface area contributed by atoms with Crippen LogP contribution in [0.25, 0.3) is 0 Å². The van der Waals surface area contributed by atoms with Gasteiger partial charge in [-0.1, -0.05) is 0 Å².